The van der Waals surface area contributed by atoms with Crippen molar-refractivity contribution >= 4 is 15.9 Å². The average molecular weight is 253 g/mol. The third-order valence-electron chi connectivity index (χ3n) is 1.90. The molecule has 0 unspecified atom stereocenters. The maximum atomic E-state index is 5.14. The number of ether oxygens (including phenoxy) is 1. The van der Waals surface area contributed by atoms with E-state index in [2.05, 4.69) is 21.0 Å². The number of hydrogen-bond acceptors (Lipinski definition) is 2. The molecule has 72 valence electrons. The molecular formula is C10H9BrN2O. The molecule has 0 aliphatic rings. The molecule has 14 heavy (non-hydrogen) atoms. The van der Waals surface area contributed by atoms with Crippen LogP contribution in [0.15, 0.2) is 41.1 Å². The summed E-state index contributed by atoms with van der Waals surface area (Å²) in [6, 6.07) is 7.71. The summed E-state index contributed by atoms with van der Waals surface area (Å²) in [5, 5.41) is 4.14. The zero-order valence-electron chi connectivity index (χ0n) is 7.64. The highest BCUT2D eigenvalue weighted by molar-refractivity contribution is 9.10. The largest absolute Gasteiger partial charge is 0.496 e. The molecule has 0 aliphatic carbocycles. The molecule has 0 saturated carbocycles. The molecule has 0 spiro atoms. The third-order valence-corrected chi connectivity index (χ3v) is 2.52. The Bertz CT molecular complexity index is 426. The first-order valence-corrected chi connectivity index (χ1v) is 4.94. The van der Waals surface area contributed by atoms with Crippen molar-refractivity contribution in [3.8, 4) is 11.4 Å². The average Bonchev–Trinajstić information content (AvgIpc) is 2.70. The molecule has 3 nitrogen and oxygen atoms in total. The molecule has 1 heterocycles. The van der Waals surface area contributed by atoms with Gasteiger partial charge in [-0.2, -0.15) is 5.10 Å². The fourth-order valence-corrected chi connectivity index (χ4v) is 1.75. The Kier molecular flexibility index (Phi) is 2.54. The highest BCUT2D eigenvalue weighted by atomic mass is 79.9. The highest BCUT2D eigenvalue weighted by Gasteiger charge is 2.02. The van der Waals surface area contributed by atoms with Crippen LogP contribution in [0.1, 0.15) is 0 Å². The van der Waals surface area contributed by atoms with Crippen molar-refractivity contribution < 1.29 is 4.74 Å². The summed E-state index contributed by atoms with van der Waals surface area (Å²) in [4.78, 5) is 0. The molecule has 0 bridgehead atoms. The van der Waals surface area contributed by atoms with E-state index in [0.29, 0.717) is 0 Å². The Morgan fingerprint density at radius 2 is 2.29 bits per heavy atom. The number of halogens is 1. The van der Waals surface area contributed by atoms with Crippen LogP contribution < -0.4 is 4.74 Å². The topological polar surface area (TPSA) is 27.1 Å². The minimum atomic E-state index is 0.820. The summed E-state index contributed by atoms with van der Waals surface area (Å²) in [6.45, 7) is 0. The molecule has 0 radical (unpaired) electrons. The van der Waals surface area contributed by atoms with Gasteiger partial charge in [0.15, 0.2) is 0 Å². The predicted octanol–water partition coefficient (Wildman–Crippen LogP) is 2.64. The molecule has 4 heteroatoms. The van der Waals surface area contributed by atoms with Crippen molar-refractivity contribution in [2.45, 2.75) is 0 Å². The zero-order chi connectivity index (χ0) is 9.97. The van der Waals surface area contributed by atoms with E-state index in [0.717, 1.165) is 15.9 Å². The van der Waals surface area contributed by atoms with Gasteiger partial charge in [0.25, 0.3) is 0 Å². The van der Waals surface area contributed by atoms with E-state index < -0.39 is 0 Å². The van der Waals surface area contributed by atoms with E-state index in [1.807, 2.05) is 30.5 Å². The molecule has 0 N–H and O–H groups in total. The molecule has 0 atom stereocenters. The molecule has 0 fully saturated rings. The summed E-state index contributed by atoms with van der Waals surface area (Å²) in [5.74, 6) is 0.820. The van der Waals surface area contributed by atoms with Gasteiger partial charge in [-0.15, -0.1) is 0 Å². The number of nitrogens with zero attached hydrogens (tertiary/aromatic N) is 2. The van der Waals surface area contributed by atoms with Gasteiger partial charge in [-0.3, -0.25) is 0 Å². The lowest BCUT2D eigenvalue weighted by molar-refractivity contribution is 0.412. The van der Waals surface area contributed by atoms with Crippen LogP contribution in [0.5, 0.6) is 5.75 Å². The molecule has 0 amide bonds. The zero-order valence-corrected chi connectivity index (χ0v) is 9.23. The standard InChI is InChI=1S/C10H9BrN2O/c1-14-10-4-3-8(7-9(10)11)13-6-2-5-12-13/h2-7H,1H3. The third kappa shape index (κ3) is 1.65. The van der Waals surface area contributed by atoms with Crippen LogP contribution in [-0.4, -0.2) is 16.9 Å². The maximum Gasteiger partial charge on any atom is 0.133 e. The van der Waals surface area contributed by atoms with Gasteiger partial charge in [0.1, 0.15) is 5.75 Å². The normalized spacial score (nSPS) is 10.1. The van der Waals surface area contributed by atoms with E-state index in [1.54, 1.807) is 18.0 Å². The van der Waals surface area contributed by atoms with Crippen molar-refractivity contribution in [3.63, 3.8) is 0 Å². The molecule has 2 rings (SSSR count). The van der Waals surface area contributed by atoms with Gasteiger partial charge in [0.2, 0.25) is 0 Å². The fraction of sp³-hybridized carbons (Fsp3) is 0.100. The Hall–Kier alpha value is -1.29. The summed E-state index contributed by atoms with van der Waals surface area (Å²) in [5.41, 5.74) is 1.00. The van der Waals surface area contributed by atoms with Gasteiger partial charge in [-0.1, -0.05) is 0 Å². The van der Waals surface area contributed by atoms with E-state index in [-0.39, 0.29) is 0 Å². The number of aromatic nitrogens is 2. The first kappa shape index (κ1) is 9.27. The van der Waals surface area contributed by atoms with Crippen molar-refractivity contribution in [1.29, 1.82) is 0 Å². The smallest absolute Gasteiger partial charge is 0.133 e. The molecule has 2 aromatic rings. The SMILES string of the molecule is COc1ccc(-n2cccn2)cc1Br. The van der Waals surface area contributed by atoms with Crippen LogP contribution >= 0.6 is 15.9 Å². The van der Waals surface area contributed by atoms with E-state index in [4.69, 9.17) is 4.74 Å². The lowest BCUT2D eigenvalue weighted by atomic mass is 10.3. The fourth-order valence-electron chi connectivity index (χ4n) is 1.22. The summed E-state index contributed by atoms with van der Waals surface area (Å²) in [7, 11) is 1.65. The van der Waals surface area contributed by atoms with E-state index in [9.17, 15) is 0 Å². The van der Waals surface area contributed by atoms with Crippen molar-refractivity contribution in [1.82, 2.24) is 9.78 Å². The Morgan fingerprint density at radius 1 is 1.43 bits per heavy atom. The second kappa shape index (κ2) is 3.84. The van der Waals surface area contributed by atoms with Gasteiger partial charge in [0, 0.05) is 12.4 Å². The van der Waals surface area contributed by atoms with Crippen molar-refractivity contribution in [2.24, 2.45) is 0 Å². The van der Waals surface area contributed by atoms with Crippen molar-refractivity contribution in [3.05, 3.63) is 41.1 Å². The molecule has 1 aromatic carbocycles. The Balaban J connectivity index is 2.43. The second-order valence-corrected chi connectivity index (χ2v) is 3.62. The van der Waals surface area contributed by atoms with Crippen LogP contribution in [-0.2, 0) is 0 Å². The minimum Gasteiger partial charge on any atom is -0.496 e. The lowest BCUT2D eigenvalue weighted by Gasteiger charge is -2.05. The maximum absolute atomic E-state index is 5.14. The van der Waals surface area contributed by atoms with Crippen LogP contribution in [0.4, 0.5) is 0 Å². The molecule has 0 aliphatic heterocycles. The van der Waals surface area contributed by atoms with Gasteiger partial charge in [-0.25, -0.2) is 4.68 Å². The van der Waals surface area contributed by atoms with E-state index in [1.165, 1.54) is 0 Å². The summed E-state index contributed by atoms with van der Waals surface area (Å²) < 4.78 is 7.86. The summed E-state index contributed by atoms with van der Waals surface area (Å²) >= 11 is 3.43. The van der Waals surface area contributed by atoms with Gasteiger partial charge in [0.05, 0.1) is 17.3 Å². The molecule has 0 saturated heterocycles. The van der Waals surface area contributed by atoms with Crippen molar-refractivity contribution in [2.75, 3.05) is 7.11 Å². The number of rotatable bonds is 2. The number of hydrogen-bond donors (Lipinski definition) is 0. The minimum absolute atomic E-state index is 0.820. The van der Waals surface area contributed by atoms with Crippen LogP contribution in [0.2, 0.25) is 0 Å². The van der Waals surface area contributed by atoms with Gasteiger partial charge >= 0.3 is 0 Å². The highest BCUT2D eigenvalue weighted by Crippen LogP contribution is 2.26. The Labute approximate surface area is 90.4 Å². The molecule has 1 aromatic heterocycles. The quantitative estimate of drug-likeness (QED) is 0.822. The first-order valence-electron chi connectivity index (χ1n) is 4.15. The number of methoxy groups -OCH3 is 1. The Morgan fingerprint density at radius 3 is 2.86 bits per heavy atom. The lowest BCUT2D eigenvalue weighted by Crippen LogP contribution is -1.94. The number of benzene rings is 1. The predicted molar refractivity (Wildman–Crippen MR) is 57.8 cm³/mol. The van der Waals surface area contributed by atoms with Gasteiger partial charge < -0.3 is 4.74 Å². The summed E-state index contributed by atoms with van der Waals surface area (Å²) in [6.07, 6.45) is 3.65. The second-order valence-electron chi connectivity index (χ2n) is 2.77. The van der Waals surface area contributed by atoms with Crippen LogP contribution in [0, 0.1) is 0 Å². The van der Waals surface area contributed by atoms with Gasteiger partial charge in [-0.05, 0) is 40.2 Å². The monoisotopic (exact) mass is 252 g/mol. The van der Waals surface area contributed by atoms with E-state index >= 15 is 0 Å². The molecular weight excluding hydrogens is 244 g/mol. The van der Waals surface area contributed by atoms with Crippen LogP contribution in [0.25, 0.3) is 5.69 Å². The van der Waals surface area contributed by atoms with Crippen LogP contribution in [0.3, 0.4) is 0 Å². The first-order chi connectivity index (χ1) is 6.81.